The van der Waals surface area contributed by atoms with Gasteiger partial charge in [0.2, 0.25) is 5.91 Å². The number of hydrogen-bond acceptors (Lipinski definition) is 4. The molecule has 2 bridgehead atoms. The number of hydrogen-bond donors (Lipinski definition) is 1. The van der Waals surface area contributed by atoms with E-state index in [9.17, 15) is 9.59 Å². The van der Waals surface area contributed by atoms with Crippen molar-refractivity contribution in [2.75, 3.05) is 14.1 Å². The molecular weight excluding hydrogens is 280 g/mol. The molecule has 0 radical (unpaired) electrons. The molecule has 3 aliphatic rings. The van der Waals surface area contributed by atoms with Crippen LogP contribution in [-0.4, -0.2) is 49.1 Å². The van der Waals surface area contributed by atoms with Crippen LogP contribution in [0.25, 0.3) is 0 Å². The maximum absolute atomic E-state index is 12.5. The predicted molar refractivity (Wildman–Crippen MR) is 83.2 cm³/mol. The second-order valence-electron chi connectivity index (χ2n) is 7.15. The first-order chi connectivity index (χ1) is 10.6. The summed E-state index contributed by atoms with van der Waals surface area (Å²) >= 11 is 0. The lowest BCUT2D eigenvalue weighted by molar-refractivity contribution is -0.165. The van der Waals surface area contributed by atoms with Gasteiger partial charge in [-0.15, -0.1) is 0 Å². The van der Waals surface area contributed by atoms with E-state index >= 15 is 0 Å². The molecule has 2 saturated heterocycles. The Kier molecular flexibility index (Phi) is 4.71. The molecule has 2 heterocycles. The lowest BCUT2D eigenvalue weighted by atomic mass is 9.86. The van der Waals surface area contributed by atoms with E-state index in [2.05, 4.69) is 17.3 Å². The van der Waals surface area contributed by atoms with Crippen molar-refractivity contribution in [3.63, 3.8) is 0 Å². The van der Waals surface area contributed by atoms with Gasteiger partial charge in [0.05, 0.1) is 11.8 Å². The maximum atomic E-state index is 12.5. The van der Waals surface area contributed by atoms with E-state index in [1.807, 2.05) is 0 Å². The van der Waals surface area contributed by atoms with Gasteiger partial charge in [-0.1, -0.05) is 19.3 Å². The van der Waals surface area contributed by atoms with Gasteiger partial charge in [0, 0.05) is 25.6 Å². The Labute approximate surface area is 132 Å². The number of fused-ring (bicyclic) bond motifs is 2. The highest BCUT2D eigenvalue weighted by Crippen LogP contribution is 2.40. The highest BCUT2D eigenvalue weighted by Gasteiger charge is 2.50. The SMILES string of the molecule is CNC(=O)C1C2CC[C@H](C[C@H]1OC(=O)C1CCCCC1)N2C. The van der Waals surface area contributed by atoms with Crippen LogP contribution < -0.4 is 5.32 Å². The topological polar surface area (TPSA) is 58.6 Å². The van der Waals surface area contributed by atoms with Crippen molar-refractivity contribution >= 4 is 11.9 Å². The van der Waals surface area contributed by atoms with E-state index in [1.54, 1.807) is 7.05 Å². The van der Waals surface area contributed by atoms with Gasteiger partial charge in [-0.25, -0.2) is 0 Å². The van der Waals surface area contributed by atoms with E-state index in [-0.39, 0.29) is 35.9 Å². The fourth-order valence-corrected chi connectivity index (χ4v) is 4.64. The Morgan fingerprint density at radius 2 is 1.82 bits per heavy atom. The molecule has 124 valence electrons. The molecule has 2 unspecified atom stereocenters. The molecule has 1 N–H and O–H groups in total. The quantitative estimate of drug-likeness (QED) is 0.806. The molecule has 3 fully saturated rings. The number of carbonyl (C=O) groups excluding carboxylic acids is 2. The largest absolute Gasteiger partial charge is 0.461 e. The monoisotopic (exact) mass is 308 g/mol. The van der Waals surface area contributed by atoms with Crippen LogP contribution in [0.3, 0.4) is 0 Å². The van der Waals surface area contributed by atoms with Crippen molar-refractivity contribution in [3.05, 3.63) is 0 Å². The van der Waals surface area contributed by atoms with Gasteiger partial charge >= 0.3 is 5.97 Å². The molecule has 0 aromatic heterocycles. The number of nitrogens with zero attached hydrogens (tertiary/aromatic N) is 1. The number of ether oxygens (including phenoxy) is 1. The molecule has 5 nitrogen and oxygen atoms in total. The molecule has 1 amide bonds. The summed E-state index contributed by atoms with van der Waals surface area (Å²) in [5, 5.41) is 2.76. The highest BCUT2D eigenvalue weighted by atomic mass is 16.5. The first kappa shape index (κ1) is 15.8. The second kappa shape index (κ2) is 6.57. The third-order valence-electron chi connectivity index (χ3n) is 5.97. The van der Waals surface area contributed by atoms with Gasteiger partial charge in [0.25, 0.3) is 0 Å². The number of piperidine rings is 1. The van der Waals surface area contributed by atoms with Gasteiger partial charge in [0.1, 0.15) is 6.10 Å². The molecule has 5 heteroatoms. The molecule has 22 heavy (non-hydrogen) atoms. The lowest BCUT2D eigenvalue weighted by Gasteiger charge is -2.41. The summed E-state index contributed by atoms with van der Waals surface area (Å²) in [4.78, 5) is 27.1. The van der Waals surface area contributed by atoms with E-state index in [4.69, 9.17) is 4.74 Å². The molecule has 0 spiro atoms. The van der Waals surface area contributed by atoms with Crippen molar-refractivity contribution in [1.82, 2.24) is 10.2 Å². The van der Waals surface area contributed by atoms with Crippen LogP contribution in [0.15, 0.2) is 0 Å². The van der Waals surface area contributed by atoms with Crippen molar-refractivity contribution in [2.24, 2.45) is 11.8 Å². The summed E-state index contributed by atoms with van der Waals surface area (Å²) in [5.74, 6) is -0.223. The Morgan fingerprint density at radius 3 is 2.50 bits per heavy atom. The lowest BCUT2D eigenvalue weighted by Crippen LogP contribution is -2.55. The minimum absolute atomic E-state index is 0.0126. The maximum Gasteiger partial charge on any atom is 0.309 e. The number of carbonyl (C=O) groups is 2. The van der Waals surface area contributed by atoms with Crippen LogP contribution in [0.4, 0.5) is 0 Å². The molecule has 0 aromatic rings. The zero-order valence-corrected chi connectivity index (χ0v) is 13.7. The zero-order valence-electron chi connectivity index (χ0n) is 13.7. The number of rotatable bonds is 3. The Balaban J connectivity index is 1.70. The summed E-state index contributed by atoms with van der Waals surface area (Å²) in [6.45, 7) is 0. The first-order valence-electron chi connectivity index (χ1n) is 8.76. The summed E-state index contributed by atoms with van der Waals surface area (Å²) in [7, 11) is 3.76. The highest BCUT2D eigenvalue weighted by molar-refractivity contribution is 5.81. The van der Waals surface area contributed by atoms with Crippen LogP contribution in [0, 0.1) is 11.8 Å². The van der Waals surface area contributed by atoms with Crippen LogP contribution in [0.1, 0.15) is 51.4 Å². The molecule has 4 atom stereocenters. The Hall–Kier alpha value is -1.10. The van der Waals surface area contributed by atoms with Crippen LogP contribution in [0.2, 0.25) is 0 Å². The van der Waals surface area contributed by atoms with E-state index < -0.39 is 0 Å². The minimum Gasteiger partial charge on any atom is -0.461 e. The van der Waals surface area contributed by atoms with Gasteiger partial charge in [-0.3, -0.25) is 14.5 Å². The fraction of sp³-hybridized carbons (Fsp3) is 0.882. The van der Waals surface area contributed by atoms with Gasteiger partial charge in [-0.2, -0.15) is 0 Å². The van der Waals surface area contributed by atoms with Crippen LogP contribution >= 0.6 is 0 Å². The first-order valence-corrected chi connectivity index (χ1v) is 8.76. The molecular formula is C17H28N2O3. The third kappa shape index (κ3) is 2.87. The summed E-state index contributed by atoms with van der Waals surface area (Å²) in [6, 6.07) is 0.665. The molecule has 0 aromatic carbocycles. The van der Waals surface area contributed by atoms with Gasteiger partial charge < -0.3 is 10.1 Å². The summed E-state index contributed by atoms with van der Waals surface area (Å²) < 4.78 is 5.87. The molecule has 1 aliphatic carbocycles. The Bertz CT molecular complexity index is 434. The summed E-state index contributed by atoms with van der Waals surface area (Å²) in [5.41, 5.74) is 0. The predicted octanol–water partition coefficient (Wildman–Crippen LogP) is 1.71. The smallest absolute Gasteiger partial charge is 0.309 e. The normalized spacial score (nSPS) is 36.1. The van der Waals surface area contributed by atoms with Crippen LogP contribution in [0.5, 0.6) is 0 Å². The number of nitrogens with one attached hydrogen (secondary N) is 1. The average molecular weight is 308 g/mol. The van der Waals surface area contributed by atoms with Gasteiger partial charge in [-0.05, 0) is 32.7 Å². The average Bonchev–Trinajstić information content (AvgIpc) is 2.78. The summed E-state index contributed by atoms with van der Waals surface area (Å²) in [6.07, 6.45) is 8.04. The fourth-order valence-electron chi connectivity index (χ4n) is 4.64. The second-order valence-corrected chi connectivity index (χ2v) is 7.15. The van der Waals surface area contributed by atoms with Crippen molar-refractivity contribution in [3.8, 4) is 0 Å². The van der Waals surface area contributed by atoms with E-state index in [1.165, 1.54) is 6.42 Å². The minimum atomic E-state index is -0.247. The molecule has 2 aliphatic heterocycles. The van der Waals surface area contributed by atoms with Crippen molar-refractivity contribution < 1.29 is 14.3 Å². The van der Waals surface area contributed by atoms with Gasteiger partial charge in [0.15, 0.2) is 0 Å². The molecule has 3 rings (SSSR count). The van der Waals surface area contributed by atoms with E-state index in [0.29, 0.717) is 6.04 Å². The third-order valence-corrected chi connectivity index (χ3v) is 5.97. The standard InChI is InChI=1S/C17H28N2O3/c1-18-16(20)15-13-9-8-12(19(13)2)10-14(15)22-17(21)11-6-4-3-5-7-11/h11-15H,3-10H2,1-2H3,(H,18,20)/t12-,13?,14-,15?/m1/s1. The van der Waals surface area contributed by atoms with Crippen molar-refractivity contribution in [1.29, 1.82) is 0 Å². The number of amides is 1. The Morgan fingerprint density at radius 1 is 1.09 bits per heavy atom. The van der Waals surface area contributed by atoms with Crippen molar-refractivity contribution in [2.45, 2.75) is 69.6 Å². The van der Waals surface area contributed by atoms with E-state index in [0.717, 1.165) is 44.9 Å². The number of esters is 1. The zero-order chi connectivity index (χ0) is 15.7. The molecule has 1 saturated carbocycles. The van der Waals surface area contributed by atoms with Crippen LogP contribution in [-0.2, 0) is 14.3 Å².